The molecule has 2 bridgehead atoms. The highest BCUT2D eigenvalue weighted by Gasteiger charge is 2.61. The van der Waals surface area contributed by atoms with Crippen LogP contribution < -0.4 is 0 Å². The first-order valence-corrected chi connectivity index (χ1v) is 8.77. The summed E-state index contributed by atoms with van der Waals surface area (Å²) in [5.41, 5.74) is 2.09. The molecular formula is C18H19BrO2. The Morgan fingerprint density at radius 2 is 1.71 bits per heavy atom. The summed E-state index contributed by atoms with van der Waals surface area (Å²) < 4.78 is 0.954. The van der Waals surface area contributed by atoms with Crippen molar-refractivity contribution in [1.29, 1.82) is 0 Å². The molecule has 1 aromatic carbocycles. The van der Waals surface area contributed by atoms with E-state index in [4.69, 9.17) is 0 Å². The van der Waals surface area contributed by atoms with E-state index in [1.165, 1.54) is 0 Å². The number of carbonyl (C=O) groups is 2. The number of ketones is 2. The zero-order chi connectivity index (χ0) is 14.7. The summed E-state index contributed by atoms with van der Waals surface area (Å²) in [5.74, 6) is 0.970. The summed E-state index contributed by atoms with van der Waals surface area (Å²) in [6.07, 6.45) is 4.27. The Hall–Kier alpha value is -0.960. The van der Waals surface area contributed by atoms with Crippen LogP contribution >= 0.6 is 15.9 Å². The van der Waals surface area contributed by atoms with Gasteiger partial charge in [-0.1, -0.05) is 28.9 Å². The molecule has 3 saturated carbocycles. The third kappa shape index (κ3) is 1.82. The Labute approximate surface area is 133 Å². The van der Waals surface area contributed by atoms with Gasteiger partial charge in [0.2, 0.25) is 0 Å². The van der Waals surface area contributed by atoms with Crippen LogP contribution in [0.4, 0.5) is 0 Å². The lowest BCUT2D eigenvalue weighted by molar-refractivity contribution is -0.125. The van der Waals surface area contributed by atoms with Crippen LogP contribution in [0.2, 0.25) is 0 Å². The van der Waals surface area contributed by atoms with Gasteiger partial charge in [0.25, 0.3) is 0 Å². The number of hydrogen-bond acceptors (Lipinski definition) is 2. The van der Waals surface area contributed by atoms with Crippen molar-refractivity contribution >= 4 is 27.5 Å². The monoisotopic (exact) mass is 346 g/mol. The van der Waals surface area contributed by atoms with E-state index in [1.54, 1.807) is 0 Å². The molecular weight excluding hydrogens is 328 g/mol. The average molecular weight is 347 g/mol. The SMILES string of the molecule is CCc1ccc(Br)cc1C1C(=O)[C@@H]2[C@@H]3CC[C@@H](C3)[C@@H]2C1=O. The molecule has 110 valence electrons. The minimum absolute atomic E-state index is 0.0323. The Morgan fingerprint density at radius 1 is 1.10 bits per heavy atom. The minimum atomic E-state index is -0.490. The van der Waals surface area contributed by atoms with Gasteiger partial charge in [-0.3, -0.25) is 9.59 Å². The molecule has 0 amide bonds. The summed E-state index contributed by atoms with van der Waals surface area (Å²) in [4.78, 5) is 25.9. The normalized spacial score (nSPS) is 37.3. The lowest BCUT2D eigenvalue weighted by Gasteiger charge is -2.21. The molecule has 5 atom stereocenters. The van der Waals surface area contributed by atoms with E-state index in [0.29, 0.717) is 11.8 Å². The highest BCUT2D eigenvalue weighted by molar-refractivity contribution is 9.10. The second-order valence-corrected chi connectivity index (χ2v) is 7.73. The maximum Gasteiger partial charge on any atom is 0.151 e. The molecule has 3 heteroatoms. The predicted molar refractivity (Wildman–Crippen MR) is 84.1 cm³/mol. The van der Waals surface area contributed by atoms with E-state index in [1.807, 2.05) is 18.2 Å². The summed E-state index contributed by atoms with van der Waals surface area (Å²) in [7, 11) is 0. The fraction of sp³-hybridized carbons (Fsp3) is 0.556. The lowest BCUT2D eigenvalue weighted by Crippen LogP contribution is -2.24. The van der Waals surface area contributed by atoms with E-state index in [-0.39, 0.29) is 23.4 Å². The van der Waals surface area contributed by atoms with Crippen molar-refractivity contribution in [2.24, 2.45) is 23.7 Å². The number of halogens is 1. The second kappa shape index (κ2) is 4.77. The molecule has 0 aliphatic heterocycles. The van der Waals surface area contributed by atoms with E-state index < -0.39 is 5.92 Å². The van der Waals surface area contributed by atoms with Gasteiger partial charge >= 0.3 is 0 Å². The smallest absolute Gasteiger partial charge is 0.151 e. The van der Waals surface area contributed by atoms with Gasteiger partial charge in [-0.25, -0.2) is 0 Å². The second-order valence-electron chi connectivity index (χ2n) is 6.82. The largest absolute Gasteiger partial charge is 0.298 e. The quantitative estimate of drug-likeness (QED) is 0.760. The summed E-state index contributed by atoms with van der Waals surface area (Å²) in [6.45, 7) is 2.08. The molecule has 4 rings (SSSR count). The topological polar surface area (TPSA) is 34.1 Å². The zero-order valence-corrected chi connectivity index (χ0v) is 13.7. The van der Waals surface area contributed by atoms with Crippen LogP contribution in [0.3, 0.4) is 0 Å². The van der Waals surface area contributed by atoms with Crippen LogP contribution in [-0.4, -0.2) is 11.6 Å². The first kappa shape index (κ1) is 13.7. The lowest BCUT2D eigenvalue weighted by atomic mass is 9.81. The average Bonchev–Trinajstić information content (AvgIpc) is 3.13. The fourth-order valence-electron chi connectivity index (χ4n) is 5.10. The summed E-state index contributed by atoms with van der Waals surface area (Å²) in [6, 6.07) is 6.03. The molecule has 0 N–H and O–H groups in total. The van der Waals surface area contributed by atoms with Crippen molar-refractivity contribution in [1.82, 2.24) is 0 Å². The molecule has 0 spiro atoms. The van der Waals surface area contributed by atoms with Gasteiger partial charge < -0.3 is 0 Å². The highest BCUT2D eigenvalue weighted by atomic mass is 79.9. The molecule has 21 heavy (non-hydrogen) atoms. The van der Waals surface area contributed by atoms with Gasteiger partial charge in [0.15, 0.2) is 11.6 Å². The Bertz CT molecular complexity index is 608. The van der Waals surface area contributed by atoms with Crippen LogP contribution in [0.1, 0.15) is 43.2 Å². The number of rotatable bonds is 2. The molecule has 0 aromatic heterocycles. The third-order valence-electron chi connectivity index (χ3n) is 5.94. The number of Topliss-reactive ketones (excluding diaryl/α,β-unsaturated/α-hetero) is 2. The Kier molecular flexibility index (Phi) is 3.11. The first-order chi connectivity index (χ1) is 10.1. The first-order valence-electron chi connectivity index (χ1n) is 7.97. The van der Waals surface area contributed by atoms with Gasteiger partial charge in [-0.15, -0.1) is 0 Å². The molecule has 3 aliphatic carbocycles. The van der Waals surface area contributed by atoms with Gasteiger partial charge in [-0.05, 0) is 60.8 Å². The number of fused-ring (bicyclic) bond motifs is 5. The van der Waals surface area contributed by atoms with Crippen molar-refractivity contribution in [2.75, 3.05) is 0 Å². The van der Waals surface area contributed by atoms with Gasteiger partial charge in [-0.2, -0.15) is 0 Å². The third-order valence-corrected chi connectivity index (χ3v) is 6.44. The van der Waals surface area contributed by atoms with Crippen molar-refractivity contribution < 1.29 is 9.59 Å². The molecule has 0 saturated heterocycles. The maximum absolute atomic E-state index is 12.9. The molecule has 0 heterocycles. The van der Waals surface area contributed by atoms with Gasteiger partial charge in [0, 0.05) is 16.3 Å². The Balaban J connectivity index is 1.78. The molecule has 3 aliphatic rings. The minimum Gasteiger partial charge on any atom is -0.298 e. The van der Waals surface area contributed by atoms with Crippen LogP contribution in [0.5, 0.6) is 0 Å². The standard InChI is InChI=1S/C18H19BrO2/c1-2-9-5-6-12(19)8-13(9)16-17(20)14-10-3-4-11(7-10)15(14)18(16)21/h5-6,8,10-11,14-16H,2-4,7H2,1H3/t10-,11+,14-,15+,16?. The van der Waals surface area contributed by atoms with Crippen molar-refractivity contribution in [2.45, 2.75) is 38.5 Å². The summed E-state index contributed by atoms with van der Waals surface area (Å²) >= 11 is 3.49. The van der Waals surface area contributed by atoms with Crippen LogP contribution in [0, 0.1) is 23.7 Å². The van der Waals surface area contributed by atoms with Crippen molar-refractivity contribution in [3.05, 3.63) is 33.8 Å². The molecule has 0 radical (unpaired) electrons. The molecule has 3 fully saturated rings. The van der Waals surface area contributed by atoms with E-state index in [2.05, 4.69) is 22.9 Å². The number of carbonyl (C=O) groups excluding carboxylic acids is 2. The molecule has 1 unspecified atom stereocenters. The van der Waals surface area contributed by atoms with Crippen molar-refractivity contribution in [3.63, 3.8) is 0 Å². The molecule has 2 nitrogen and oxygen atoms in total. The van der Waals surface area contributed by atoms with E-state index in [9.17, 15) is 9.59 Å². The number of benzene rings is 1. The van der Waals surface area contributed by atoms with Gasteiger partial charge in [0.1, 0.15) is 5.92 Å². The molecule has 1 aromatic rings. The number of aryl methyl sites for hydroxylation is 1. The highest BCUT2D eigenvalue weighted by Crippen LogP contribution is 2.59. The van der Waals surface area contributed by atoms with E-state index >= 15 is 0 Å². The van der Waals surface area contributed by atoms with Crippen LogP contribution in [0.25, 0.3) is 0 Å². The maximum atomic E-state index is 12.9. The van der Waals surface area contributed by atoms with E-state index in [0.717, 1.165) is 41.3 Å². The van der Waals surface area contributed by atoms with Crippen LogP contribution in [-0.2, 0) is 16.0 Å². The predicted octanol–water partition coefficient (Wildman–Crippen LogP) is 3.91. The van der Waals surface area contributed by atoms with Crippen LogP contribution in [0.15, 0.2) is 22.7 Å². The van der Waals surface area contributed by atoms with Gasteiger partial charge in [0.05, 0.1) is 0 Å². The Morgan fingerprint density at radius 3 is 2.29 bits per heavy atom. The van der Waals surface area contributed by atoms with Crippen molar-refractivity contribution in [3.8, 4) is 0 Å². The number of hydrogen-bond donors (Lipinski definition) is 0. The zero-order valence-electron chi connectivity index (χ0n) is 12.1. The fourth-order valence-corrected chi connectivity index (χ4v) is 5.48. The summed E-state index contributed by atoms with van der Waals surface area (Å²) in [5, 5.41) is 0.